The van der Waals surface area contributed by atoms with E-state index in [0.717, 1.165) is 48.4 Å². The van der Waals surface area contributed by atoms with Crippen LogP contribution in [-0.2, 0) is 6.54 Å². The van der Waals surface area contributed by atoms with Gasteiger partial charge in [0.05, 0.1) is 15.9 Å². The van der Waals surface area contributed by atoms with Gasteiger partial charge in [-0.1, -0.05) is 23.5 Å². The molecule has 0 amide bonds. The van der Waals surface area contributed by atoms with Crippen LogP contribution < -0.4 is 4.90 Å². The first-order valence-corrected chi connectivity index (χ1v) is 11.3. The highest BCUT2D eigenvalue weighted by Gasteiger charge is 2.20. The Balaban J connectivity index is 1.22. The summed E-state index contributed by atoms with van der Waals surface area (Å²) in [6, 6.07) is 10.5. The molecular weight excluding hydrogens is 380 g/mol. The molecule has 0 aliphatic carbocycles. The maximum atomic E-state index is 4.81. The van der Waals surface area contributed by atoms with Crippen molar-refractivity contribution in [1.29, 1.82) is 0 Å². The Bertz CT molecular complexity index is 964. The van der Waals surface area contributed by atoms with Gasteiger partial charge in [-0.2, -0.15) is 11.3 Å². The molecule has 1 fully saturated rings. The molecule has 0 N–H and O–H groups in total. The third kappa shape index (κ3) is 3.27. The monoisotopic (exact) mass is 398 g/mol. The minimum absolute atomic E-state index is 0.939. The second kappa shape index (κ2) is 7.08. The fourth-order valence-corrected chi connectivity index (χ4v) is 5.76. The predicted octanol–water partition coefficient (Wildman–Crippen LogP) is 4.80. The van der Waals surface area contributed by atoms with Crippen molar-refractivity contribution in [1.82, 2.24) is 14.9 Å². The minimum atomic E-state index is 0.939. The van der Waals surface area contributed by atoms with Gasteiger partial charge < -0.3 is 4.90 Å². The van der Waals surface area contributed by atoms with Gasteiger partial charge >= 0.3 is 0 Å². The minimum Gasteiger partial charge on any atom is -0.345 e. The van der Waals surface area contributed by atoms with E-state index in [9.17, 15) is 0 Å². The van der Waals surface area contributed by atoms with Crippen LogP contribution in [0.4, 0.5) is 5.13 Å². The average molecular weight is 399 g/mol. The number of anilines is 1. The Morgan fingerprint density at radius 2 is 1.85 bits per heavy atom. The zero-order valence-electron chi connectivity index (χ0n) is 14.2. The molecule has 1 aromatic carbocycles. The van der Waals surface area contributed by atoms with Crippen LogP contribution in [-0.4, -0.2) is 41.0 Å². The van der Waals surface area contributed by atoms with Gasteiger partial charge in [0.1, 0.15) is 5.01 Å². The van der Waals surface area contributed by atoms with Crippen molar-refractivity contribution in [3.63, 3.8) is 0 Å². The zero-order valence-corrected chi connectivity index (χ0v) is 16.6. The zero-order chi connectivity index (χ0) is 17.3. The summed E-state index contributed by atoms with van der Waals surface area (Å²) >= 11 is 5.27. The number of thiophene rings is 1. The topological polar surface area (TPSA) is 32.3 Å². The van der Waals surface area contributed by atoms with Crippen LogP contribution in [0.1, 0.15) is 5.69 Å². The van der Waals surface area contributed by atoms with Gasteiger partial charge in [0.25, 0.3) is 0 Å². The number of rotatable bonds is 4. The molecule has 0 atom stereocenters. The Labute approximate surface area is 164 Å². The van der Waals surface area contributed by atoms with Crippen molar-refractivity contribution in [2.45, 2.75) is 6.54 Å². The molecule has 1 aliphatic heterocycles. The molecule has 0 bridgehead atoms. The van der Waals surface area contributed by atoms with Crippen LogP contribution in [0.15, 0.2) is 46.5 Å². The van der Waals surface area contributed by atoms with Crippen LogP contribution in [0.3, 0.4) is 0 Å². The van der Waals surface area contributed by atoms with E-state index in [1.807, 2.05) is 0 Å². The average Bonchev–Trinajstić information content (AvgIpc) is 3.42. The molecule has 4 nitrogen and oxygen atoms in total. The molecule has 5 rings (SSSR count). The molecule has 3 aromatic heterocycles. The maximum Gasteiger partial charge on any atom is 0.186 e. The van der Waals surface area contributed by atoms with Gasteiger partial charge in [-0.05, 0) is 23.6 Å². The molecule has 0 saturated carbocycles. The van der Waals surface area contributed by atoms with E-state index < -0.39 is 0 Å². The molecule has 4 heterocycles. The highest BCUT2D eigenvalue weighted by Crippen LogP contribution is 2.30. The number of fused-ring (bicyclic) bond motifs is 1. The molecule has 0 spiro atoms. The van der Waals surface area contributed by atoms with Crippen molar-refractivity contribution in [2.24, 2.45) is 0 Å². The number of thiazole rings is 2. The summed E-state index contributed by atoms with van der Waals surface area (Å²) in [6.07, 6.45) is 0. The molecule has 1 aliphatic rings. The number of para-hydroxylation sites is 1. The Morgan fingerprint density at radius 1 is 0.962 bits per heavy atom. The molecule has 26 heavy (non-hydrogen) atoms. The number of hydrogen-bond donors (Lipinski definition) is 0. The summed E-state index contributed by atoms with van der Waals surface area (Å²) in [5.74, 6) is 0. The van der Waals surface area contributed by atoms with Crippen molar-refractivity contribution >= 4 is 49.4 Å². The third-order valence-corrected chi connectivity index (χ3v) is 7.35. The first-order valence-electron chi connectivity index (χ1n) is 8.65. The van der Waals surface area contributed by atoms with Crippen molar-refractivity contribution < 1.29 is 0 Å². The van der Waals surface area contributed by atoms with E-state index in [-0.39, 0.29) is 0 Å². The Morgan fingerprint density at radius 3 is 2.65 bits per heavy atom. The summed E-state index contributed by atoms with van der Waals surface area (Å²) in [5.41, 5.74) is 3.54. The Kier molecular flexibility index (Phi) is 4.46. The third-order valence-electron chi connectivity index (χ3n) is 4.63. The van der Waals surface area contributed by atoms with Crippen molar-refractivity contribution in [2.75, 3.05) is 31.1 Å². The van der Waals surface area contributed by atoms with E-state index in [4.69, 9.17) is 9.97 Å². The lowest BCUT2D eigenvalue weighted by molar-refractivity contribution is 0.247. The highest BCUT2D eigenvalue weighted by atomic mass is 32.1. The summed E-state index contributed by atoms with van der Waals surface area (Å²) in [5, 5.41) is 8.76. The van der Waals surface area contributed by atoms with Gasteiger partial charge in [-0.25, -0.2) is 9.97 Å². The largest absolute Gasteiger partial charge is 0.345 e. The van der Waals surface area contributed by atoms with Gasteiger partial charge in [-0.15, -0.1) is 11.3 Å². The lowest BCUT2D eigenvalue weighted by Gasteiger charge is -2.34. The summed E-state index contributed by atoms with van der Waals surface area (Å²) in [4.78, 5) is 14.5. The molecular formula is C19H18N4S3. The quantitative estimate of drug-likeness (QED) is 0.494. The van der Waals surface area contributed by atoms with E-state index >= 15 is 0 Å². The number of nitrogens with zero attached hydrogens (tertiary/aromatic N) is 4. The van der Waals surface area contributed by atoms with Gasteiger partial charge in [0, 0.05) is 49.0 Å². The highest BCUT2D eigenvalue weighted by molar-refractivity contribution is 7.22. The first-order chi connectivity index (χ1) is 12.8. The van der Waals surface area contributed by atoms with Crippen LogP contribution in [0.2, 0.25) is 0 Å². The SMILES string of the molecule is c1ccc2sc(N3CCN(Cc4csc(-c5ccsc5)n4)CC3)nc2c1. The standard InChI is InChI=1S/C19H18N4S3/c1-2-4-17-16(3-1)21-19(26-17)23-8-6-22(7-9-23)11-15-13-25-18(20-15)14-5-10-24-12-14/h1-5,10,12-13H,6-9,11H2. The van der Waals surface area contributed by atoms with Crippen LogP contribution in [0, 0.1) is 0 Å². The van der Waals surface area contributed by atoms with Gasteiger partial charge in [0.15, 0.2) is 5.13 Å². The van der Waals surface area contributed by atoms with Gasteiger partial charge in [0.2, 0.25) is 0 Å². The number of hydrogen-bond acceptors (Lipinski definition) is 7. The second-order valence-electron chi connectivity index (χ2n) is 6.38. The number of aromatic nitrogens is 2. The molecule has 4 aromatic rings. The lowest BCUT2D eigenvalue weighted by atomic mass is 10.3. The van der Waals surface area contributed by atoms with Gasteiger partial charge in [-0.3, -0.25) is 4.90 Å². The summed E-state index contributed by atoms with van der Waals surface area (Å²) < 4.78 is 1.27. The normalized spacial score (nSPS) is 15.8. The van der Waals surface area contributed by atoms with E-state index in [0.29, 0.717) is 0 Å². The summed E-state index contributed by atoms with van der Waals surface area (Å²) in [7, 11) is 0. The van der Waals surface area contributed by atoms with E-state index in [1.54, 1.807) is 34.0 Å². The molecule has 0 unspecified atom stereocenters. The predicted molar refractivity (Wildman–Crippen MR) is 113 cm³/mol. The molecule has 132 valence electrons. The number of benzene rings is 1. The number of piperazine rings is 1. The van der Waals surface area contributed by atoms with Crippen LogP contribution in [0.5, 0.6) is 0 Å². The first kappa shape index (κ1) is 16.4. The molecule has 7 heteroatoms. The second-order valence-corrected chi connectivity index (χ2v) is 9.03. The van der Waals surface area contributed by atoms with E-state index in [1.165, 1.54) is 16.0 Å². The fourth-order valence-electron chi connectivity index (χ4n) is 3.22. The molecule has 0 radical (unpaired) electrons. The van der Waals surface area contributed by atoms with E-state index in [2.05, 4.69) is 56.3 Å². The van der Waals surface area contributed by atoms with Crippen LogP contribution in [0.25, 0.3) is 20.8 Å². The maximum absolute atomic E-state index is 4.81. The van der Waals surface area contributed by atoms with Crippen LogP contribution >= 0.6 is 34.0 Å². The van der Waals surface area contributed by atoms with Crippen molar-refractivity contribution in [3.8, 4) is 10.6 Å². The smallest absolute Gasteiger partial charge is 0.186 e. The lowest BCUT2D eigenvalue weighted by Crippen LogP contribution is -2.46. The Hall–Kier alpha value is -1.80. The fraction of sp³-hybridized carbons (Fsp3) is 0.263. The summed E-state index contributed by atoms with van der Waals surface area (Å²) in [6.45, 7) is 5.11. The molecule has 1 saturated heterocycles. The van der Waals surface area contributed by atoms with Crippen molar-refractivity contribution in [3.05, 3.63) is 52.2 Å².